The molecule has 0 bridgehead atoms. The normalized spacial score (nSPS) is 12.6. The van der Waals surface area contributed by atoms with Crippen LogP contribution in [0.25, 0.3) is 0 Å². The third-order valence-electron chi connectivity index (χ3n) is 2.29. The minimum Gasteiger partial charge on any atom is -0.399 e. The number of sulfone groups is 1. The number of rotatable bonds is 6. The molecule has 20 heavy (non-hydrogen) atoms. The Balaban J connectivity index is 2.85. The Hall–Kier alpha value is -0.900. The van der Waals surface area contributed by atoms with E-state index in [2.05, 4.69) is 4.72 Å². The summed E-state index contributed by atoms with van der Waals surface area (Å²) in [6, 6.07) is 2.04. The largest absolute Gasteiger partial charge is 0.399 e. The van der Waals surface area contributed by atoms with Gasteiger partial charge < -0.3 is 5.73 Å². The maximum atomic E-state index is 13.7. The van der Waals surface area contributed by atoms with Crippen molar-refractivity contribution in [3.8, 4) is 0 Å². The summed E-state index contributed by atoms with van der Waals surface area (Å²) >= 11 is 5.52. The van der Waals surface area contributed by atoms with E-state index in [0.29, 0.717) is 0 Å². The molecular formula is C10H14ClFN2O4S2. The summed E-state index contributed by atoms with van der Waals surface area (Å²) in [6.45, 7) is -0.138. The minimum atomic E-state index is -4.14. The fourth-order valence-electron chi connectivity index (χ4n) is 1.40. The SMILES string of the molecule is CS(=O)(=O)CCCNS(=O)(=O)c1cc(N)cc(Cl)c1F. The molecule has 3 N–H and O–H groups in total. The Morgan fingerprint density at radius 1 is 1.30 bits per heavy atom. The first-order chi connectivity index (χ1) is 9.03. The van der Waals surface area contributed by atoms with E-state index in [1.165, 1.54) is 0 Å². The highest BCUT2D eigenvalue weighted by molar-refractivity contribution is 7.90. The van der Waals surface area contributed by atoms with Gasteiger partial charge >= 0.3 is 0 Å². The van der Waals surface area contributed by atoms with E-state index >= 15 is 0 Å². The Morgan fingerprint density at radius 3 is 2.45 bits per heavy atom. The van der Waals surface area contributed by atoms with Crippen LogP contribution in [0, 0.1) is 5.82 Å². The zero-order chi connectivity index (χ0) is 15.6. The van der Waals surface area contributed by atoms with Crippen LogP contribution in [0.5, 0.6) is 0 Å². The maximum absolute atomic E-state index is 13.7. The van der Waals surface area contributed by atoms with E-state index in [4.69, 9.17) is 17.3 Å². The quantitative estimate of drug-likeness (QED) is 0.585. The molecule has 0 heterocycles. The molecule has 1 aromatic rings. The van der Waals surface area contributed by atoms with Gasteiger partial charge in [-0.1, -0.05) is 11.6 Å². The number of sulfonamides is 1. The maximum Gasteiger partial charge on any atom is 0.243 e. The van der Waals surface area contributed by atoms with Crippen molar-refractivity contribution in [2.45, 2.75) is 11.3 Å². The van der Waals surface area contributed by atoms with E-state index in [1.807, 2.05) is 0 Å². The van der Waals surface area contributed by atoms with Crippen LogP contribution < -0.4 is 10.5 Å². The first-order valence-electron chi connectivity index (χ1n) is 5.45. The summed E-state index contributed by atoms with van der Waals surface area (Å²) in [7, 11) is -7.32. The van der Waals surface area contributed by atoms with Crippen LogP contribution in [-0.2, 0) is 19.9 Å². The molecular weight excluding hydrogens is 331 g/mol. The topological polar surface area (TPSA) is 106 Å². The molecule has 0 saturated heterocycles. The van der Waals surface area contributed by atoms with Crippen LogP contribution >= 0.6 is 11.6 Å². The molecule has 0 amide bonds. The number of hydrogen-bond donors (Lipinski definition) is 2. The molecule has 0 aliphatic rings. The third kappa shape index (κ3) is 4.89. The number of nitrogens with one attached hydrogen (secondary N) is 1. The summed E-state index contributed by atoms with van der Waals surface area (Å²) in [5, 5.41) is -0.401. The molecule has 114 valence electrons. The van der Waals surface area contributed by atoms with Gasteiger partial charge in [0.25, 0.3) is 0 Å². The van der Waals surface area contributed by atoms with Crippen LogP contribution in [0.4, 0.5) is 10.1 Å². The summed E-state index contributed by atoms with van der Waals surface area (Å²) in [4.78, 5) is -0.665. The molecule has 6 nitrogen and oxygen atoms in total. The average molecular weight is 345 g/mol. The molecule has 1 rings (SSSR count). The van der Waals surface area contributed by atoms with E-state index < -0.39 is 35.6 Å². The third-order valence-corrected chi connectivity index (χ3v) is 5.06. The first kappa shape index (κ1) is 17.2. The van der Waals surface area contributed by atoms with E-state index in [1.54, 1.807) is 0 Å². The lowest BCUT2D eigenvalue weighted by Crippen LogP contribution is -2.27. The van der Waals surface area contributed by atoms with Gasteiger partial charge in [-0.25, -0.2) is 25.9 Å². The smallest absolute Gasteiger partial charge is 0.243 e. The fourth-order valence-corrected chi connectivity index (χ4v) is 3.56. The van der Waals surface area contributed by atoms with Crippen molar-refractivity contribution in [1.82, 2.24) is 4.72 Å². The molecule has 0 aromatic heterocycles. The predicted octanol–water partition coefficient (Wildman–Crippen LogP) is 0.774. The van der Waals surface area contributed by atoms with Crippen LogP contribution in [0.1, 0.15) is 6.42 Å². The number of benzene rings is 1. The van der Waals surface area contributed by atoms with Crippen molar-refractivity contribution in [2.24, 2.45) is 0 Å². The van der Waals surface area contributed by atoms with Gasteiger partial charge in [0.2, 0.25) is 10.0 Å². The van der Waals surface area contributed by atoms with Crippen LogP contribution in [0.3, 0.4) is 0 Å². The number of anilines is 1. The highest BCUT2D eigenvalue weighted by Gasteiger charge is 2.21. The van der Waals surface area contributed by atoms with Crippen LogP contribution in [-0.4, -0.2) is 35.4 Å². The number of nitrogens with two attached hydrogens (primary N) is 1. The van der Waals surface area contributed by atoms with E-state index in [9.17, 15) is 21.2 Å². The Labute approximate surface area is 122 Å². The summed E-state index contributed by atoms with van der Waals surface area (Å²) < 4.78 is 61.3. The monoisotopic (exact) mass is 344 g/mol. The molecule has 0 radical (unpaired) electrons. The number of nitrogen functional groups attached to an aromatic ring is 1. The van der Waals surface area contributed by atoms with Crippen molar-refractivity contribution >= 4 is 37.1 Å². The lowest BCUT2D eigenvalue weighted by molar-refractivity contribution is 0.556. The molecule has 0 saturated carbocycles. The second-order valence-corrected chi connectivity index (χ2v) is 8.60. The number of hydrogen-bond acceptors (Lipinski definition) is 5. The Kier molecular flexibility index (Phi) is 5.36. The second-order valence-electron chi connectivity index (χ2n) is 4.20. The van der Waals surface area contributed by atoms with Crippen LogP contribution in [0.15, 0.2) is 17.0 Å². The Bertz CT molecular complexity index is 704. The standard InChI is InChI=1S/C10H14ClFN2O4S2/c1-19(15,16)4-2-3-14-20(17,18)9-6-7(13)5-8(11)10(9)12/h5-6,14H,2-4,13H2,1H3. The van der Waals surface area contributed by atoms with Crippen LogP contribution in [0.2, 0.25) is 5.02 Å². The zero-order valence-electron chi connectivity index (χ0n) is 10.6. The summed E-state index contributed by atoms with van der Waals surface area (Å²) in [5.41, 5.74) is 5.42. The molecule has 0 spiro atoms. The van der Waals surface area contributed by atoms with Gasteiger partial charge in [0.15, 0.2) is 5.82 Å². The summed E-state index contributed by atoms with van der Waals surface area (Å²) in [6.07, 6.45) is 1.12. The lowest BCUT2D eigenvalue weighted by Gasteiger charge is -2.09. The van der Waals surface area contributed by atoms with Gasteiger partial charge in [0.1, 0.15) is 14.7 Å². The van der Waals surface area contributed by atoms with Crippen molar-refractivity contribution in [3.05, 3.63) is 23.0 Å². The minimum absolute atomic E-state index is 0.00732. The highest BCUT2D eigenvalue weighted by atomic mass is 35.5. The van der Waals surface area contributed by atoms with Crippen molar-refractivity contribution < 1.29 is 21.2 Å². The Morgan fingerprint density at radius 2 is 1.90 bits per heavy atom. The zero-order valence-corrected chi connectivity index (χ0v) is 12.9. The highest BCUT2D eigenvalue weighted by Crippen LogP contribution is 2.25. The van der Waals surface area contributed by atoms with Gasteiger partial charge in [0.05, 0.1) is 10.8 Å². The first-order valence-corrected chi connectivity index (χ1v) is 9.37. The predicted molar refractivity (Wildman–Crippen MR) is 75.3 cm³/mol. The van der Waals surface area contributed by atoms with Gasteiger partial charge in [-0.05, 0) is 18.6 Å². The van der Waals surface area contributed by atoms with Gasteiger partial charge in [0, 0.05) is 18.5 Å². The molecule has 0 fully saturated rings. The number of halogens is 2. The molecule has 1 aromatic carbocycles. The molecule has 10 heteroatoms. The average Bonchev–Trinajstić information content (AvgIpc) is 2.28. The van der Waals surface area contributed by atoms with E-state index in [-0.39, 0.29) is 24.4 Å². The van der Waals surface area contributed by atoms with Gasteiger partial charge in [-0.3, -0.25) is 0 Å². The molecule has 0 aliphatic carbocycles. The van der Waals surface area contributed by atoms with Gasteiger partial charge in [-0.2, -0.15) is 0 Å². The molecule has 0 aliphatic heterocycles. The van der Waals surface area contributed by atoms with Crippen molar-refractivity contribution in [2.75, 3.05) is 24.3 Å². The molecule has 0 atom stereocenters. The second kappa shape index (κ2) is 6.25. The summed E-state index contributed by atoms with van der Waals surface area (Å²) in [5.74, 6) is -1.27. The van der Waals surface area contributed by atoms with Crippen molar-refractivity contribution in [3.63, 3.8) is 0 Å². The van der Waals surface area contributed by atoms with Crippen molar-refractivity contribution in [1.29, 1.82) is 0 Å². The molecule has 0 unspecified atom stereocenters. The van der Waals surface area contributed by atoms with Gasteiger partial charge in [-0.15, -0.1) is 0 Å². The van der Waals surface area contributed by atoms with E-state index in [0.717, 1.165) is 18.4 Å². The fraction of sp³-hybridized carbons (Fsp3) is 0.400. The lowest BCUT2D eigenvalue weighted by atomic mass is 10.3.